The van der Waals surface area contributed by atoms with E-state index < -0.39 is 16.6 Å². The summed E-state index contributed by atoms with van der Waals surface area (Å²) in [5.74, 6) is -0.479. The predicted molar refractivity (Wildman–Crippen MR) is 79.7 cm³/mol. The standard InChI is InChI=1S/C14H21ClFNOS/c1-4-7-17-10(2)8-11(3)19(18)12-5-6-14(16)13(15)9-12/h5-6,9-11,17H,4,7-8H2,1-3H3. The van der Waals surface area contributed by atoms with Crippen molar-refractivity contribution in [2.45, 2.75) is 49.8 Å². The van der Waals surface area contributed by atoms with Gasteiger partial charge in [-0.2, -0.15) is 0 Å². The maximum Gasteiger partial charge on any atom is 0.141 e. The van der Waals surface area contributed by atoms with Gasteiger partial charge in [0.05, 0.1) is 15.8 Å². The maximum absolute atomic E-state index is 13.1. The largest absolute Gasteiger partial charge is 0.314 e. The fraction of sp³-hybridized carbons (Fsp3) is 0.571. The molecular formula is C14H21ClFNOS. The quantitative estimate of drug-likeness (QED) is 0.831. The van der Waals surface area contributed by atoms with Crippen molar-refractivity contribution in [3.63, 3.8) is 0 Å². The van der Waals surface area contributed by atoms with Gasteiger partial charge in [0, 0.05) is 16.2 Å². The van der Waals surface area contributed by atoms with Gasteiger partial charge >= 0.3 is 0 Å². The van der Waals surface area contributed by atoms with E-state index in [0.717, 1.165) is 19.4 Å². The molecule has 0 amide bonds. The van der Waals surface area contributed by atoms with Crippen molar-refractivity contribution in [3.05, 3.63) is 29.0 Å². The summed E-state index contributed by atoms with van der Waals surface area (Å²) in [6.45, 7) is 7.10. The van der Waals surface area contributed by atoms with E-state index in [0.29, 0.717) is 10.9 Å². The second-order valence-electron chi connectivity index (χ2n) is 4.77. The Morgan fingerprint density at radius 3 is 2.68 bits per heavy atom. The molecule has 5 heteroatoms. The van der Waals surface area contributed by atoms with Crippen LogP contribution in [-0.2, 0) is 10.8 Å². The van der Waals surface area contributed by atoms with Crippen LogP contribution < -0.4 is 5.32 Å². The second kappa shape index (κ2) is 7.98. The molecule has 0 radical (unpaired) electrons. The van der Waals surface area contributed by atoms with Crippen LogP contribution in [0.25, 0.3) is 0 Å². The molecule has 0 spiro atoms. The number of benzene rings is 1. The Labute approximate surface area is 122 Å². The number of rotatable bonds is 7. The number of hydrogen-bond donors (Lipinski definition) is 1. The van der Waals surface area contributed by atoms with Crippen molar-refractivity contribution in [1.82, 2.24) is 5.32 Å². The van der Waals surface area contributed by atoms with E-state index in [1.165, 1.54) is 18.2 Å². The highest BCUT2D eigenvalue weighted by atomic mass is 35.5. The molecule has 0 aromatic heterocycles. The van der Waals surface area contributed by atoms with Gasteiger partial charge in [-0.25, -0.2) is 4.39 Å². The Kier molecular flexibility index (Phi) is 6.97. The van der Waals surface area contributed by atoms with Crippen molar-refractivity contribution < 1.29 is 8.60 Å². The lowest BCUT2D eigenvalue weighted by atomic mass is 10.2. The van der Waals surface area contributed by atoms with Gasteiger partial charge in [-0.1, -0.05) is 25.4 Å². The Morgan fingerprint density at radius 2 is 2.11 bits per heavy atom. The Balaban J connectivity index is 2.63. The minimum absolute atomic E-state index is 0.000819. The average Bonchev–Trinajstić information content (AvgIpc) is 2.38. The molecule has 3 unspecified atom stereocenters. The lowest BCUT2D eigenvalue weighted by Gasteiger charge is -2.18. The van der Waals surface area contributed by atoms with Crippen LogP contribution in [0.1, 0.15) is 33.6 Å². The minimum Gasteiger partial charge on any atom is -0.314 e. The zero-order valence-electron chi connectivity index (χ0n) is 11.6. The maximum atomic E-state index is 13.1. The molecule has 1 N–H and O–H groups in total. The molecule has 0 aliphatic rings. The summed E-state index contributed by atoms with van der Waals surface area (Å²) in [4.78, 5) is 0.585. The van der Waals surface area contributed by atoms with Crippen LogP contribution >= 0.6 is 11.6 Å². The van der Waals surface area contributed by atoms with E-state index in [9.17, 15) is 8.60 Å². The third-order valence-corrected chi connectivity index (χ3v) is 4.85. The molecular weight excluding hydrogens is 285 g/mol. The molecule has 0 saturated carbocycles. The zero-order chi connectivity index (χ0) is 14.4. The number of hydrogen-bond acceptors (Lipinski definition) is 2. The van der Waals surface area contributed by atoms with Gasteiger partial charge in [-0.3, -0.25) is 4.21 Å². The van der Waals surface area contributed by atoms with E-state index >= 15 is 0 Å². The molecule has 0 fully saturated rings. The van der Waals surface area contributed by atoms with Gasteiger partial charge in [0.2, 0.25) is 0 Å². The molecule has 0 aliphatic carbocycles. The van der Waals surface area contributed by atoms with E-state index in [1.807, 2.05) is 6.92 Å². The highest BCUT2D eigenvalue weighted by Gasteiger charge is 2.17. The van der Waals surface area contributed by atoms with Crippen LogP contribution in [0.5, 0.6) is 0 Å². The first-order valence-electron chi connectivity index (χ1n) is 6.54. The summed E-state index contributed by atoms with van der Waals surface area (Å²) >= 11 is 5.72. The first kappa shape index (κ1) is 16.6. The summed E-state index contributed by atoms with van der Waals surface area (Å²) in [7, 11) is -1.16. The van der Waals surface area contributed by atoms with Crippen molar-refractivity contribution in [3.8, 4) is 0 Å². The zero-order valence-corrected chi connectivity index (χ0v) is 13.2. The topological polar surface area (TPSA) is 29.1 Å². The smallest absolute Gasteiger partial charge is 0.141 e. The van der Waals surface area contributed by atoms with Crippen LogP contribution in [0.4, 0.5) is 4.39 Å². The average molecular weight is 306 g/mol. The van der Waals surface area contributed by atoms with Gasteiger partial charge in [0.15, 0.2) is 0 Å². The Hall–Kier alpha value is -0.450. The molecule has 108 valence electrons. The SMILES string of the molecule is CCCNC(C)CC(C)S(=O)c1ccc(F)c(Cl)c1. The van der Waals surface area contributed by atoms with Crippen LogP contribution in [0.2, 0.25) is 5.02 Å². The summed E-state index contributed by atoms with van der Waals surface area (Å²) in [5, 5.41) is 3.39. The highest BCUT2D eigenvalue weighted by molar-refractivity contribution is 7.85. The summed E-state index contributed by atoms with van der Waals surface area (Å²) in [5.41, 5.74) is 0. The molecule has 1 aromatic carbocycles. The van der Waals surface area contributed by atoms with Crippen molar-refractivity contribution in [1.29, 1.82) is 0 Å². The third kappa shape index (κ3) is 5.21. The first-order valence-corrected chi connectivity index (χ1v) is 8.13. The van der Waals surface area contributed by atoms with Crippen LogP contribution in [-0.4, -0.2) is 22.0 Å². The van der Waals surface area contributed by atoms with E-state index in [1.54, 1.807) is 0 Å². The minimum atomic E-state index is -1.16. The molecule has 3 atom stereocenters. The lowest BCUT2D eigenvalue weighted by Crippen LogP contribution is -2.31. The number of halogens is 2. The molecule has 1 rings (SSSR count). The van der Waals surface area contributed by atoms with Crippen molar-refractivity contribution in [2.75, 3.05) is 6.54 Å². The molecule has 0 saturated heterocycles. The van der Waals surface area contributed by atoms with Crippen molar-refractivity contribution in [2.24, 2.45) is 0 Å². The van der Waals surface area contributed by atoms with Gasteiger partial charge in [0.1, 0.15) is 5.82 Å². The summed E-state index contributed by atoms with van der Waals surface area (Å²) in [6, 6.07) is 4.57. The van der Waals surface area contributed by atoms with Crippen LogP contribution in [0, 0.1) is 5.82 Å². The van der Waals surface area contributed by atoms with Gasteiger partial charge in [-0.05, 0) is 44.5 Å². The molecule has 0 bridgehead atoms. The molecule has 19 heavy (non-hydrogen) atoms. The first-order chi connectivity index (χ1) is 8.95. The molecule has 0 aliphatic heterocycles. The van der Waals surface area contributed by atoms with E-state index in [-0.39, 0.29) is 10.3 Å². The van der Waals surface area contributed by atoms with Gasteiger partial charge < -0.3 is 5.32 Å². The Bertz CT molecular complexity index is 441. The summed E-state index contributed by atoms with van der Waals surface area (Å²) in [6.07, 6.45) is 1.89. The Morgan fingerprint density at radius 1 is 1.42 bits per heavy atom. The van der Waals surface area contributed by atoms with E-state index in [2.05, 4.69) is 19.2 Å². The van der Waals surface area contributed by atoms with E-state index in [4.69, 9.17) is 11.6 Å². The molecule has 1 aromatic rings. The lowest BCUT2D eigenvalue weighted by molar-refractivity contribution is 0.508. The molecule has 0 heterocycles. The predicted octanol–water partition coefficient (Wildman–Crippen LogP) is 3.75. The molecule has 2 nitrogen and oxygen atoms in total. The highest BCUT2D eigenvalue weighted by Crippen LogP contribution is 2.21. The second-order valence-corrected chi connectivity index (χ2v) is 7.05. The third-order valence-electron chi connectivity index (χ3n) is 2.92. The summed E-state index contributed by atoms with van der Waals surface area (Å²) < 4.78 is 25.4. The fourth-order valence-electron chi connectivity index (χ4n) is 1.89. The van der Waals surface area contributed by atoms with Crippen LogP contribution in [0.15, 0.2) is 23.1 Å². The fourth-order valence-corrected chi connectivity index (χ4v) is 3.50. The van der Waals surface area contributed by atoms with Gasteiger partial charge in [-0.15, -0.1) is 0 Å². The monoisotopic (exact) mass is 305 g/mol. The van der Waals surface area contributed by atoms with Crippen LogP contribution in [0.3, 0.4) is 0 Å². The number of nitrogens with one attached hydrogen (secondary N) is 1. The van der Waals surface area contributed by atoms with Gasteiger partial charge in [0.25, 0.3) is 0 Å². The van der Waals surface area contributed by atoms with Crippen molar-refractivity contribution >= 4 is 22.4 Å². The normalized spacial score (nSPS) is 16.1.